The largest absolute Gasteiger partial charge is 0.398 e. The molecule has 2 rings (SSSR count). The molecule has 19 heavy (non-hydrogen) atoms. The lowest BCUT2D eigenvalue weighted by molar-refractivity contribution is 0.0841. The maximum Gasteiger partial charge on any atom is 0.0676 e. The Balaban J connectivity index is 2.35. The Kier molecular flexibility index (Phi) is 4.39. The minimum absolute atomic E-state index is 0.00991. The molecule has 1 saturated heterocycles. The van der Waals surface area contributed by atoms with Crippen LogP contribution in [0.25, 0.3) is 0 Å². The number of hydrogen-bond donors (Lipinski definition) is 3. The predicted octanol–water partition coefficient (Wildman–Crippen LogP) is 1.43. The number of likely N-dealkylation sites (tertiary alicyclic amines) is 1. The van der Waals surface area contributed by atoms with Crippen LogP contribution in [0.4, 0.5) is 5.69 Å². The van der Waals surface area contributed by atoms with Crippen LogP contribution in [0.5, 0.6) is 0 Å². The molecular formula is C14H25N5. The molecule has 5 heteroatoms. The summed E-state index contributed by atoms with van der Waals surface area (Å²) in [7, 11) is 0. The fraction of sp³-hybridized carbons (Fsp3) is 0.643. The second kappa shape index (κ2) is 5.86. The van der Waals surface area contributed by atoms with Gasteiger partial charge in [-0.3, -0.25) is 21.2 Å². The molecule has 1 aliphatic heterocycles. The molecule has 1 aliphatic rings. The van der Waals surface area contributed by atoms with Crippen LogP contribution in [-0.4, -0.2) is 28.5 Å². The van der Waals surface area contributed by atoms with Gasteiger partial charge in [0.05, 0.1) is 6.04 Å². The average Bonchev–Trinajstić information content (AvgIpc) is 2.96. The number of anilines is 1. The number of nitrogens with two attached hydrogens (primary N) is 2. The van der Waals surface area contributed by atoms with Gasteiger partial charge in [-0.2, -0.15) is 0 Å². The Morgan fingerprint density at radius 1 is 1.47 bits per heavy atom. The Morgan fingerprint density at radius 2 is 2.16 bits per heavy atom. The van der Waals surface area contributed by atoms with Crippen molar-refractivity contribution in [3.8, 4) is 0 Å². The van der Waals surface area contributed by atoms with Gasteiger partial charge in [-0.25, -0.2) is 0 Å². The number of hydrogen-bond acceptors (Lipinski definition) is 5. The van der Waals surface area contributed by atoms with E-state index in [1.54, 1.807) is 6.20 Å². The summed E-state index contributed by atoms with van der Waals surface area (Å²) in [4.78, 5) is 6.71. The number of nitrogens with one attached hydrogen (secondary N) is 1. The number of nitrogen functional groups attached to an aromatic ring is 1. The van der Waals surface area contributed by atoms with Gasteiger partial charge in [-0.15, -0.1) is 0 Å². The Hall–Kier alpha value is -1.17. The number of pyridine rings is 1. The highest BCUT2D eigenvalue weighted by Gasteiger charge is 2.40. The zero-order valence-electron chi connectivity index (χ0n) is 11.9. The van der Waals surface area contributed by atoms with Crippen molar-refractivity contribution in [2.75, 3.05) is 18.8 Å². The molecule has 106 valence electrons. The van der Waals surface area contributed by atoms with E-state index < -0.39 is 0 Å². The average molecular weight is 263 g/mol. The van der Waals surface area contributed by atoms with Crippen molar-refractivity contribution in [1.29, 1.82) is 0 Å². The van der Waals surface area contributed by atoms with Gasteiger partial charge in [0, 0.05) is 29.2 Å². The van der Waals surface area contributed by atoms with E-state index in [-0.39, 0.29) is 11.6 Å². The minimum atomic E-state index is -0.0393. The molecular weight excluding hydrogens is 238 g/mol. The first-order chi connectivity index (χ1) is 9.13. The molecule has 0 aromatic carbocycles. The molecule has 0 bridgehead atoms. The molecule has 5 nitrogen and oxygen atoms in total. The van der Waals surface area contributed by atoms with Crippen molar-refractivity contribution in [3.05, 3.63) is 24.0 Å². The van der Waals surface area contributed by atoms with E-state index in [0.717, 1.165) is 30.8 Å². The van der Waals surface area contributed by atoms with Gasteiger partial charge < -0.3 is 5.73 Å². The van der Waals surface area contributed by atoms with Gasteiger partial charge in [0.1, 0.15) is 0 Å². The third kappa shape index (κ3) is 2.59. The van der Waals surface area contributed by atoms with Crippen LogP contribution < -0.4 is 17.0 Å². The summed E-state index contributed by atoms with van der Waals surface area (Å²) in [6.45, 7) is 6.72. The summed E-state index contributed by atoms with van der Waals surface area (Å²) < 4.78 is 0. The lowest BCUT2D eigenvalue weighted by Crippen LogP contribution is -2.55. The molecule has 0 saturated carbocycles. The highest BCUT2D eigenvalue weighted by atomic mass is 15.3. The lowest BCUT2D eigenvalue weighted by Gasteiger charge is -2.44. The smallest absolute Gasteiger partial charge is 0.0676 e. The van der Waals surface area contributed by atoms with E-state index in [4.69, 9.17) is 11.6 Å². The van der Waals surface area contributed by atoms with E-state index >= 15 is 0 Å². The molecule has 2 atom stereocenters. The van der Waals surface area contributed by atoms with Crippen LogP contribution in [0.15, 0.2) is 18.5 Å². The van der Waals surface area contributed by atoms with Crippen molar-refractivity contribution in [1.82, 2.24) is 15.3 Å². The van der Waals surface area contributed by atoms with E-state index in [9.17, 15) is 0 Å². The highest BCUT2D eigenvalue weighted by molar-refractivity contribution is 5.47. The molecule has 0 radical (unpaired) electrons. The molecule has 0 spiro atoms. The first-order valence-electron chi connectivity index (χ1n) is 7.04. The monoisotopic (exact) mass is 263 g/mol. The summed E-state index contributed by atoms with van der Waals surface area (Å²) in [5, 5.41) is 0. The minimum Gasteiger partial charge on any atom is -0.398 e. The summed E-state index contributed by atoms with van der Waals surface area (Å²) in [5.74, 6) is 5.84. The van der Waals surface area contributed by atoms with Crippen molar-refractivity contribution in [2.45, 2.75) is 44.7 Å². The molecule has 1 aromatic heterocycles. The molecule has 2 heterocycles. The van der Waals surface area contributed by atoms with Gasteiger partial charge in [-0.1, -0.05) is 6.92 Å². The van der Waals surface area contributed by atoms with Crippen molar-refractivity contribution in [3.63, 3.8) is 0 Å². The normalized spacial score (nSPS) is 21.2. The molecule has 1 fully saturated rings. The third-order valence-corrected chi connectivity index (χ3v) is 4.53. The highest BCUT2D eigenvalue weighted by Crippen LogP contribution is 2.37. The van der Waals surface area contributed by atoms with Gasteiger partial charge in [0.25, 0.3) is 0 Å². The van der Waals surface area contributed by atoms with E-state index in [2.05, 4.69) is 29.2 Å². The molecule has 2 unspecified atom stereocenters. The van der Waals surface area contributed by atoms with E-state index in [0.29, 0.717) is 0 Å². The second-order valence-electron chi connectivity index (χ2n) is 5.51. The summed E-state index contributed by atoms with van der Waals surface area (Å²) in [6, 6.07) is 1.82. The van der Waals surface area contributed by atoms with Crippen LogP contribution in [0.1, 0.15) is 44.7 Å². The zero-order valence-corrected chi connectivity index (χ0v) is 11.9. The van der Waals surface area contributed by atoms with Gasteiger partial charge >= 0.3 is 0 Å². The standard InChI is InChI=1S/C14H25N5/c1-3-14(2,19-8-4-5-9-19)13(18-16)11-10-17-7-6-12(11)15/h6-7,10,13,18H,3-5,8-9,16H2,1-2H3,(H2,15,17). The van der Waals surface area contributed by atoms with E-state index in [1.165, 1.54) is 12.8 Å². The van der Waals surface area contributed by atoms with Crippen LogP contribution in [0.3, 0.4) is 0 Å². The van der Waals surface area contributed by atoms with E-state index in [1.807, 2.05) is 12.3 Å². The van der Waals surface area contributed by atoms with Gasteiger partial charge in [0.15, 0.2) is 0 Å². The van der Waals surface area contributed by atoms with Crippen molar-refractivity contribution in [2.24, 2.45) is 5.84 Å². The van der Waals surface area contributed by atoms with Crippen molar-refractivity contribution < 1.29 is 0 Å². The Labute approximate surface area is 115 Å². The Morgan fingerprint density at radius 3 is 2.68 bits per heavy atom. The number of nitrogens with zero attached hydrogens (tertiary/aromatic N) is 2. The fourth-order valence-corrected chi connectivity index (χ4v) is 3.10. The second-order valence-corrected chi connectivity index (χ2v) is 5.51. The summed E-state index contributed by atoms with van der Waals surface area (Å²) in [6.07, 6.45) is 7.07. The molecule has 1 aromatic rings. The number of rotatable bonds is 5. The zero-order chi connectivity index (χ0) is 13.9. The third-order valence-electron chi connectivity index (χ3n) is 4.53. The van der Waals surface area contributed by atoms with Gasteiger partial charge in [0.2, 0.25) is 0 Å². The number of aromatic nitrogens is 1. The maximum absolute atomic E-state index is 6.09. The van der Waals surface area contributed by atoms with Crippen LogP contribution in [-0.2, 0) is 0 Å². The molecule has 5 N–H and O–H groups in total. The van der Waals surface area contributed by atoms with Crippen LogP contribution in [0.2, 0.25) is 0 Å². The quantitative estimate of drug-likeness (QED) is 0.553. The number of hydrazine groups is 1. The summed E-state index contributed by atoms with van der Waals surface area (Å²) >= 11 is 0. The molecule has 0 aliphatic carbocycles. The first-order valence-corrected chi connectivity index (χ1v) is 7.04. The SMILES string of the molecule is CCC(C)(C(NN)c1cnccc1N)N1CCCC1. The maximum atomic E-state index is 6.09. The fourth-order valence-electron chi connectivity index (χ4n) is 3.10. The van der Waals surface area contributed by atoms with Crippen LogP contribution >= 0.6 is 0 Å². The van der Waals surface area contributed by atoms with Crippen LogP contribution in [0, 0.1) is 0 Å². The summed E-state index contributed by atoms with van der Waals surface area (Å²) in [5.41, 5.74) is 10.8. The first kappa shape index (κ1) is 14.2. The Bertz CT molecular complexity index is 416. The van der Waals surface area contributed by atoms with Gasteiger partial charge in [-0.05, 0) is 45.3 Å². The van der Waals surface area contributed by atoms with Crippen molar-refractivity contribution >= 4 is 5.69 Å². The molecule has 0 amide bonds. The predicted molar refractivity (Wildman–Crippen MR) is 78.2 cm³/mol. The lowest BCUT2D eigenvalue weighted by atomic mass is 9.83. The topological polar surface area (TPSA) is 80.2 Å².